The van der Waals surface area contributed by atoms with Gasteiger partial charge in [0.25, 0.3) is 5.69 Å². The van der Waals surface area contributed by atoms with Crippen LogP contribution < -0.4 is 5.32 Å². The smallest absolute Gasteiger partial charge is 0.272 e. The van der Waals surface area contributed by atoms with Gasteiger partial charge in [-0.05, 0) is 42.2 Å². The van der Waals surface area contributed by atoms with Crippen LogP contribution in [0.3, 0.4) is 0 Å². The predicted molar refractivity (Wildman–Crippen MR) is 79.3 cm³/mol. The molecule has 1 N–H and O–H groups in total. The molecule has 1 aliphatic carbocycles. The fraction of sp³-hybridized carbons (Fsp3) is 0.200. The fourth-order valence-electron chi connectivity index (χ4n) is 2.64. The topological polar surface area (TPSA) is 55.2 Å². The van der Waals surface area contributed by atoms with Crippen LogP contribution in [0.1, 0.15) is 11.1 Å². The average Bonchev–Trinajstić information content (AvgIpc) is 2.82. The number of fused-ring (bicyclic) bond motifs is 1. The average molecular weight is 307 g/mol. The number of anilines is 1. The molecule has 1 unspecified atom stereocenters. The van der Waals surface area contributed by atoms with E-state index in [1.807, 2.05) is 18.2 Å². The largest absolute Gasteiger partial charge is 0.379 e. The minimum atomic E-state index is -0.613. The Labute approximate surface area is 125 Å². The molecule has 0 amide bonds. The van der Waals surface area contributed by atoms with Gasteiger partial charge in [0.15, 0.2) is 5.82 Å². The first kappa shape index (κ1) is 13.8. The molecule has 0 saturated heterocycles. The lowest BCUT2D eigenvalue weighted by atomic mass is 10.1. The second-order valence-electron chi connectivity index (χ2n) is 5.08. The van der Waals surface area contributed by atoms with Gasteiger partial charge >= 0.3 is 0 Å². The van der Waals surface area contributed by atoms with Gasteiger partial charge in [-0.15, -0.1) is 0 Å². The highest BCUT2D eigenvalue weighted by atomic mass is 35.5. The van der Waals surface area contributed by atoms with Crippen LogP contribution in [-0.2, 0) is 12.8 Å². The zero-order valence-electron chi connectivity index (χ0n) is 11.0. The third kappa shape index (κ3) is 2.83. The van der Waals surface area contributed by atoms with Gasteiger partial charge in [0, 0.05) is 17.1 Å². The normalized spacial score (nSPS) is 16.6. The van der Waals surface area contributed by atoms with Gasteiger partial charge in [0.05, 0.1) is 16.7 Å². The summed E-state index contributed by atoms with van der Waals surface area (Å²) in [5, 5.41) is 14.4. The Balaban J connectivity index is 1.76. The summed E-state index contributed by atoms with van der Waals surface area (Å²) in [5.41, 5.74) is 2.38. The van der Waals surface area contributed by atoms with E-state index in [2.05, 4.69) is 5.32 Å². The van der Waals surface area contributed by atoms with Gasteiger partial charge in [0.2, 0.25) is 0 Å². The minimum Gasteiger partial charge on any atom is -0.379 e. The van der Waals surface area contributed by atoms with Crippen LogP contribution in [0.25, 0.3) is 0 Å². The number of halogens is 2. The molecular formula is C15H12ClFN2O2. The van der Waals surface area contributed by atoms with E-state index in [0.29, 0.717) is 5.02 Å². The molecular weight excluding hydrogens is 295 g/mol. The lowest BCUT2D eigenvalue weighted by Gasteiger charge is -2.14. The number of nitro groups is 1. The molecule has 0 radical (unpaired) electrons. The van der Waals surface area contributed by atoms with E-state index in [0.717, 1.165) is 24.5 Å². The summed E-state index contributed by atoms with van der Waals surface area (Å²) >= 11 is 5.96. The standard InChI is InChI=1S/C15H12ClFN2O2/c16-11-2-1-9-6-12(7-10(9)5-11)18-15-4-3-13(19(20)21)8-14(15)17/h1-5,8,12,18H,6-7H2. The van der Waals surface area contributed by atoms with Crippen LogP contribution in [0.15, 0.2) is 36.4 Å². The highest BCUT2D eigenvalue weighted by Crippen LogP contribution is 2.28. The van der Waals surface area contributed by atoms with Crippen molar-refractivity contribution >= 4 is 23.0 Å². The Hall–Kier alpha value is -2.14. The van der Waals surface area contributed by atoms with Crippen molar-refractivity contribution < 1.29 is 9.31 Å². The molecule has 2 aromatic carbocycles. The number of nitro benzene ring substituents is 1. The van der Waals surface area contributed by atoms with Crippen molar-refractivity contribution in [3.05, 3.63) is 68.5 Å². The number of benzene rings is 2. The first-order chi connectivity index (χ1) is 10.0. The molecule has 2 aromatic rings. The Morgan fingerprint density at radius 2 is 1.95 bits per heavy atom. The first-order valence-electron chi connectivity index (χ1n) is 6.51. The summed E-state index contributed by atoms with van der Waals surface area (Å²) in [5.74, 6) is -0.613. The SMILES string of the molecule is O=[N+]([O-])c1ccc(NC2Cc3ccc(Cl)cc3C2)c(F)c1. The molecule has 108 valence electrons. The number of nitrogens with one attached hydrogen (secondary N) is 1. The van der Waals surface area contributed by atoms with E-state index in [9.17, 15) is 14.5 Å². The maximum absolute atomic E-state index is 13.9. The second kappa shape index (κ2) is 5.33. The molecule has 0 heterocycles. The third-order valence-corrected chi connectivity index (χ3v) is 3.86. The van der Waals surface area contributed by atoms with Gasteiger partial charge < -0.3 is 5.32 Å². The Bertz CT molecular complexity index is 721. The molecule has 0 spiro atoms. The van der Waals surface area contributed by atoms with Gasteiger partial charge in [-0.3, -0.25) is 10.1 Å². The van der Waals surface area contributed by atoms with Crippen LogP contribution in [0, 0.1) is 15.9 Å². The van der Waals surface area contributed by atoms with Gasteiger partial charge in [0.1, 0.15) is 0 Å². The Morgan fingerprint density at radius 3 is 2.67 bits per heavy atom. The minimum absolute atomic E-state index is 0.0643. The molecule has 1 aliphatic rings. The first-order valence-corrected chi connectivity index (χ1v) is 6.88. The molecule has 0 aliphatic heterocycles. The highest BCUT2D eigenvalue weighted by molar-refractivity contribution is 6.30. The number of hydrogen-bond donors (Lipinski definition) is 1. The van der Waals surface area contributed by atoms with Crippen molar-refractivity contribution in [3.63, 3.8) is 0 Å². The second-order valence-corrected chi connectivity index (χ2v) is 5.52. The zero-order valence-corrected chi connectivity index (χ0v) is 11.7. The Kier molecular flexibility index (Phi) is 3.51. The maximum Gasteiger partial charge on any atom is 0.272 e. The molecule has 1 atom stereocenters. The molecule has 21 heavy (non-hydrogen) atoms. The van der Waals surface area contributed by atoms with E-state index in [-0.39, 0.29) is 17.4 Å². The Morgan fingerprint density at radius 1 is 1.19 bits per heavy atom. The summed E-state index contributed by atoms with van der Waals surface area (Å²) in [7, 11) is 0. The van der Waals surface area contributed by atoms with Crippen LogP contribution in [-0.4, -0.2) is 11.0 Å². The number of hydrogen-bond acceptors (Lipinski definition) is 3. The summed E-state index contributed by atoms with van der Waals surface area (Å²) in [6, 6.07) is 9.44. The fourth-order valence-corrected chi connectivity index (χ4v) is 2.84. The van der Waals surface area contributed by atoms with E-state index >= 15 is 0 Å². The van der Waals surface area contributed by atoms with Gasteiger partial charge in [-0.1, -0.05) is 17.7 Å². The van der Waals surface area contributed by atoms with E-state index in [1.165, 1.54) is 17.7 Å². The van der Waals surface area contributed by atoms with Crippen LogP contribution in [0.5, 0.6) is 0 Å². The highest BCUT2D eigenvalue weighted by Gasteiger charge is 2.22. The summed E-state index contributed by atoms with van der Waals surface area (Å²) in [4.78, 5) is 9.98. The van der Waals surface area contributed by atoms with Crippen LogP contribution in [0.4, 0.5) is 15.8 Å². The quantitative estimate of drug-likeness (QED) is 0.689. The van der Waals surface area contributed by atoms with Crippen molar-refractivity contribution in [2.24, 2.45) is 0 Å². The van der Waals surface area contributed by atoms with Crippen LogP contribution in [0.2, 0.25) is 5.02 Å². The summed E-state index contributed by atoms with van der Waals surface area (Å²) in [6.45, 7) is 0. The number of non-ortho nitro benzene ring substituents is 1. The lowest BCUT2D eigenvalue weighted by molar-refractivity contribution is -0.385. The zero-order chi connectivity index (χ0) is 15.0. The molecule has 0 saturated carbocycles. The number of rotatable bonds is 3. The van der Waals surface area contributed by atoms with Crippen molar-refractivity contribution in [1.29, 1.82) is 0 Å². The van der Waals surface area contributed by atoms with Crippen molar-refractivity contribution in [2.45, 2.75) is 18.9 Å². The van der Waals surface area contributed by atoms with E-state index in [4.69, 9.17) is 11.6 Å². The molecule has 0 fully saturated rings. The molecule has 0 bridgehead atoms. The summed E-state index contributed by atoms with van der Waals surface area (Å²) in [6.07, 6.45) is 1.54. The monoisotopic (exact) mass is 306 g/mol. The van der Waals surface area contributed by atoms with Crippen molar-refractivity contribution in [1.82, 2.24) is 0 Å². The van der Waals surface area contributed by atoms with E-state index < -0.39 is 10.7 Å². The van der Waals surface area contributed by atoms with Crippen molar-refractivity contribution in [3.8, 4) is 0 Å². The molecule has 6 heteroatoms. The predicted octanol–water partition coefficient (Wildman–Crippen LogP) is 3.97. The maximum atomic E-state index is 13.9. The molecule has 4 nitrogen and oxygen atoms in total. The van der Waals surface area contributed by atoms with Gasteiger partial charge in [-0.25, -0.2) is 4.39 Å². The van der Waals surface area contributed by atoms with Crippen LogP contribution >= 0.6 is 11.6 Å². The third-order valence-electron chi connectivity index (χ3n) is 3.62. The van der Waals surface area contributed by atoms with E-state index in [1.54, 1.807) is 0 Å². The lowest BCUT2D eigenvalue weighted by Crippen LogP contribution is -2.20. The van der Waals surface area contributed by atoms with Crippen molar-refractivity contribution in [2.75, 3.05) is 5.32 Å². The molecule has 0 aromatic heterocycles. The summed E-state index contributed by atoms with van der Waals surface area (Å²) < 4.78 is 13.9. The molecule has 3 rings (SSSR count). The van der Waals surface area contributed by atoms with Gasteiger partial charge in [-0.2, -0.15) is 0 Å². The number of nitrogens with zero attached hydrogens (tertiary/aromatic N) is 1.